The van der Waals surface area contributed by atoms with E-state index in [9.17, 15) is 0 Å². The third-order valence-corrected chi connectivity index (χ3v) is 6.42. The van der Waals surface area contributed by atoms with Gasteiger partial charge in [-0.3, -0.25) is 4.98 Å². The monoisotopic (exact) mass is 463 g/mol. The molecule has 1 saturated heterocycles. The molecule has 5 nitrogen and oxygen atoms in total. The van der Waals surface area contributed by atoms with E-state index in [4.69, 9.17) is 19.7 Å². The van der Waals surface area contributed by atoms with Crippen molar-refractivity contribution in [3.05, 3.63) is 78.5 Å². The van der Waals surface area contributed by atoms with Crippen molar-refractivity contribution in [1.82, 2.24) is 4.98 Å². The van der Waals surface area contributed by atoms with Gasteiger partial charge in [0.25, 0.3) is 0 Å². The predicted octanol–water partition coefficient (Wildman–Crippen LogP) is 6.45. The van der Waals surface area contributed by atoms with Crippen LogP contribution in [-0.2, 0) is 4.74 Å². The molecular formula is C30H29N3O2. The molecule has 2 heterocycles. The van der Waals surface area contributed by atoms with Crippen LogP contribution >= 0.6 is 0 Å². The summed E-state index contributed by atoms with van der Waals surface area (Å²) in [5, 5.41) is 10.1. The number of ether oxygens (including phenoxy) is 2. The summed E-state index contributed by atoms with van der Waals surface area (Å²) in [4.78, 5) is 7.26. The van der Waals surface area contributed by atoms with E-state index in [1.54, 1.807) is 0 Å². The standard InChI is InChI=1S/C30H29N3O2/c1-4-34-30-27-7-5-6-26(23-10-8-22(16-31)9-11-23)29(27)32-17-28(30)24-12-14-25(15-13-24)33-18-20(2)35-21(3)19-33/h5-15,17,20-21H,4,18-19H2,1-3H3/t20-,21+. The largest absolute Gasteiger partial charge is 0.492 e. The van der Waals surface area contributed by atoms with Crippen molar-refractivity contribution in [2.24, 2.45) is 0 Å². The Morgan fingerprint density at radius 2 is 1.60 bits per heavy atom. The molecule has 1 fully saturated rings. The fourth-order valence-corrected chi connectivity index (χ4v) is 4.90. The molecule has 0 saturated carbocycles. The molecule has 5 rings (SSSR count). The van der Waals surface area contributed by atoms with Crippen molar-refractivity contribution < 1.29 is 9.47 Å². The maximum atomic E-state index is 9.13. The first-order valence-electron chi connectivity index (χ1n) is 12.1. The molecule has 35 heavy (non-hydrogen) atoms. The van der Waals surface area contributed by atoms with Crippen LogP contribution in [0.4, 0.5) is 5.69 Å². The van der Waals surface area contributed by atoms with E-state index < -0.39 is 0 Å². The number of para-hydroxylation sites is 1. The number of hydrogen-bond acceptors (Lipinski definition) is 5. The Morgan fingerprint density at radius 1 is 0.943 bits per heavy atom. The Bertz CT molecular complexity index is 1360. The molecule has 0 bridgehead atoms. The van der Waals surface area contributed by atoms with Crippen LogP contribution in [0.5, 0.6) is 5.75 Å². The zero-order valence-electron chi connectivity index (χ0n) is 20.4. The highest BCUT2D eigenvalue weighted by Gasteiger charge is 2.22. The number of anilines is 1. The van der Waals surface area contributed by atoms with E-state index in [0.29, 0.717) is 12.2 Å². The molecule has 0 spiro atoms. The second-order valence-corrected chi connectivity index (χ2v) is 9.03. The summed E-state index contributed by atoms with van der Waals surface area (Å²) in [5.41, 5.74) is 6.82. The minimum absolute atomic E-state index is 0.220. The molecule has 1 aliphatic heterocycles. The Morgan fingerprint density at radius 3 is 2.26 bits per heavy atom. The molecule has 5 heteroatoms. The topological polar surface area (TPSA) is 58.4 Å². The van der Waals surface area contributed by atoms with Crippen LogP contribution in [0, 0.1) is 11.3 Å². The van der Waals surface area contributed by atoms with Gasteiger partial charge in [-0.15, -0.1) is 0 Å². The summed E-state index contributed by atoms with van der Waals surface area (Å²) in [6.45, 7) is 8.60. The zero-order valence-corrected chi connectivity index (χ0v) is 20.4. The predicted molar refractivity (Wildman–Crippen MR) is 141 cm³/mol. The van der Waals surface area contributed by atoms with Crippen LogP contribution in [-0.4, -0.2) is 36.9 Å². The van der Waals surface area contributed by atoms with E-state index in [0.717, 1.165) is 52.0 Å². The number of rotatable bonds is 5. The number of nitrogens with zero attached hydrogens (tertiary/aromatic N) is 3. The molecule has 2 atom stereocenters. The van der Waals surface area contributed by atoms with Gasteiger partial charge in [-0.05, 0) is 62.2 Å². The summed E-state index contributed by atoms with van der Waals surface area (Å²) < 4.78 is 12.1. The number of aromatic nitrogens is 1. The minimum Gasteiger partial charge on any atom is -0.492 e. The highest BCUT2D eigenvalue weighted by atomic mass is 16.5. The van der Waals surface area contributed by atoms with E-state index >= 15 is 0 Å². The van der Waals surface area contributed by atoms with Crippen molar-refractivity contribution in [1.29, 1.82) is 5.26 Å². The lowest BCUT2D eigenvalue weighted by Gasteiger charge is -2.36. The highest BCUT2D eigenvalue weighted by Crippen LogP contribution is 2.39. The van der Waals surface area contributed by atoms with Gasteiger partial charge in [-0.2, -0.15) is 5.26 Å². The number of hydrogen-bond donors (Lipinski definition) is 0. The number of fused-ring (bicyclic) bond motifs is 1. The average molecular weight is 464 g/mol. The van der Waals surface area contributed by atoms with Gasteiger partial charge in [-0.1, -0.05) is 36.4 Å². The maximum Gasteiger partial charge on any atom is 0.138 e. The SMILES string of the molecule is CCOc1c(-c2ccc(N3C[C@@H](C)O[C@@H](C)C3)cc2)cnc2c(-c3ccc(C#N)cc3)cccc12. The Labute approximate surface area is 206 Å². The van der Waals surface area contributed by atoms with Gasteiger partial charge in [-0.25, -0.2) is 0 Å². The fraction of sp³-hybridized carbons (Fsp3) is 0.267. The smallest absolute Gasteiger partial charge is 0.138 e. The molecule has 176 valence electrons. The molecule has 0 N–H and O–H groups in total. The molecule has 4 aromatic rings. The number of morpholine rings is 1. The van der Waals surface area contributed by atoms with Crippen molar-refractivity contribution in [3.8, 4) is 34.1 Å². The van der Waals surface area contributed by atoms with E-state index in [-0.39, 0.29) is 12.2 Å². The lowest BCUT2D eigenvalue weighted by Crippen LogP contribution is -2.45. The van der Waals surface area contributed by atoms with Crippen LogP contribution < -0.4 is 9.64 Å². The summed E-state index contributed by atoms with van der Waals surface area (Å²) >= 11 is 0. The molecule has 0 amide bonds. The summed E-state index contributed by atoms with van der Waals surface area (Å²) in [6, 6.07) is 24.6. The lowest BCUT2D eigenvalue weighted by molar-refractivity contribution is -0.00521. The second kappa shape index (κ2) is 9.77. The lowest BCUT2D eigenvalue weighted by atomic mass is 9.98. The van der Waals surface area contributed by atoms with Crippen LogP contribution in [0.15, 0.2) is 72.9 Å². The van der Waals surface area contributed by atoms with Gasteiger partial charge in [0.2, 0.25) is 0 Å². The highest BCUT2D eigenvalue weighted by molar-refractivity contribution is 6.00. The summed E-state index contributed by atoms with van der Waals surface area (Å²) in [5.74, 6) is 0.842. The van der Waals surface area contributed by atoms with Crippen molar-refractivity contribution in [2.45, 2.75) is 33.0 Å². The molecule has 0 aliphatic carbocycles. The molecule has 0 radical (unpaired) electrons. The molecule has 3 aromatic carbocycles. The average Bonchev–Trinajstić information content (AvgIpc) is 2.88. The first-order chi connectivity index (χ1) is 17.1. The van der Waals surface area contributed by atoms with Crippen molar-refractivity contribution in [3.63, 3.8) is 0 Å². The van der Waals surface area contributed by atoms with Gasteiger partial charge in [0.05, 0.1) is 36.0 Å². The number of nitriles is 1. The quantitative estimate of drug-likeness (QED) is 0.340. The third kappa shape index (κ3) is 4.58. The second-order valence-electron chi connectivity index (χ2n) is 9.03. The third-order valence-electron chi connectivity index (χ3n) is 6.42. The first-order valence-corrected chi connectivity index (χ1v) is 12.1. The van der Waals surface area contributed by atoms with Crippen molar-refractivity contribution in [2.75, 3.05) is 24.6 Å². The van der Waals surface area contributed by atoms with Crippen LogP contribution in [0.25, 0.3) is 33.2 Å². The van der Waals surface area contributed by atoms with Crippen molar-refractivity contribution >= 4 is 16.6 Å². The summed E-state index contributed by atoms with van der Waals surface area (Å²) in [7, 11) is 0. The van der Waals surface area contributed by atoms with E-state index in [1.165, 1.54) is 5.69 Å². The van der Waals surface area contributed by atoms with Gasteiger partial charge < -0.3 is 14.4 Å². The fourth-order valence-electron chi connectivity index (χ4n) is 4.90. The summed E-state index contributed by atoms with van der Waals surface area (Å²) in [6.07, 6.45) is 2.35. The zero-order chi connectivity index (χ0) is 24.4. The van der Waals surface area contributed by atoms with Gasteiger partial charge in [0, 0.05) is 41.5 Å². The van der Waals surface area contributed by atoms with E-state index in [1.807, 2.05) is 43.5 Å². The van der Waals surface area contributed by atoms with E-state index in [2.05, 4.69) is 61.2 Å². The molecule has 0 unspecified atom stereocenters. The molecule has 1 aromatic heterocycles. The van der Waals surface area contributed by atoms with Crippen LogP contribution in [0.2, 0.25) is 0 Å². The normalized spacial score (nSPS) is 17.8. The first kappa shape index (κ1) is 22.9. The number of benzene rings is 3. The molecular weight excluding hydrogens is 434 g/mol. The van der Waals surface area contributed by atoms with Gasteiger partial charge in [0.1, 0.15) is 5.75 Å². The maximum absolute atomic E-state index is 9.13. The van der Waals surface area contributed by atoms with Crippen LogP contribution in [0.3, 0.4) is 0 Å². The molecule has 1 aliphatic rings. The van der Waals surface area contributed by atoms with Crippen LogP contribution in [0.1, 0.15) is 26.3 Å². The Kier molecular flexibility index (Phi) is 6.39. The Hall–Kier alpha value is -3.88. The van der Waals surface area contributed by atoms with Gasteiger partial charge in [0.15, 0.2) is 0 Å². The number of pyridine rings is 1. The Balaban J connectivity index is 1.54. The van der Waals surface area contributed by atoms with Gasteiger partial charge >= 0.3 is 0 Å². The minimum atomic E-state index is 0.220.